The second-order valence-electron chi connectivity index (χ2n) is 5.23. The van der Waals surface area contributed by atoms with Gasteiger partial charge in [-0.2, -0.15) is 0 Å². The molecule has 2 aromatic heterocycles. The summed E-state index contributed by atoms with van der Waals surface area (Å²) >= 11 is 0. The molecule has 3 rings (SSSR count). The van der Waals surface area contributed by atoms with Gasteiger partial charge in [0.25, 0.3) is 0 Å². The fraction of sp³-hybridized carbons (Fsp3) is 0.533. The van der Waals surface area contributed by atoms with Crippen molar-refractivity contribution in [1.29, 1.82) is 0 Å². The van der Waals surface area contributed by atoms with Crippen molar-refractivity contribution < 1.29 is 9.47 Å². The number of hydrogen-bond acceptors (Lipinski definition) is 4. The number of hydrogen-bond donors (Lipinski definition) is 1. The number of nitrogens with zero attached hydrogens (tertiary/aromatic N) is 2. The molecule has 0 aromatic carbocycles. The van der Waals surface area contributed by atoms with E-state index in [4.69, 9.17) is 9.47 Å². The van der Waals surface area contributed by atoms with Gasteiger partial charge in [0.15, 0.2) is 0 Å². The lowest BCUT2D eigenvalue weighted by atomic mass is 10.2. The topological polar surface area (TPSA) is 50.4 Å². The first-order valence-electron chi connectivity index (χ1n) is 7.11. The van der Waals surface area contributed by atoms with E-state index in [1.807, 2.05) is 12.3 Å². The standard InChI is InChI=1S/C15H21N3O2/c1-19-8-5-14-11-18(7-9-20-14)10-13-3-2-12-4-6-16-15(12)17-13/h2-4,6,14H,5,7-11H2,1H3,(H,16,17). The Bertz CT molecular complexity index is 555. The Hall–Kier alpha value is -1.43. The lowest BCUT2D eigenvalue weighted by Gasteiger charge is -2.32. The van der Waals surface area contributed by atoms with Crippen LogP contribution in [-0.4, -0.2) is 54.4 Å². The fourth-order valence-electron chi connectivity index (χ4n) is 2.64. The van der Waals surface area contributed by atoms with E-state index in [0.717, 1.165) is 56.0 Å². The maximum absolute atomic E-state index is 5.76. The van der Waals surface area contributed by atoms with Gasteiger partial charge >= 0.3 is 0 Å². The summed E-state index contributed by atoms with van der Waals surface area (Å²) in [4.78, 5) is 10.2. The van der Waals surface area contributed by atoms with E-state index in [1.165, 1.54) is 0 Å². The average molecular weight is 275 g/mol. The van der Waals surface area contributed by atoms with Gasteiger partial charge in [0.2, 0.25) is 0 Å². The second kappa shape index (κ2) is 6.35. The van der Waals surface area contributed by atoms with Gasteiger partial charge in [0.1, 0.15) is 5.65 Å². The Morgan fingerprint density at radius 2 is 2.40 bits per heavy atom. The highest BCUT2D eigenvalue weighted by Gasteiger charge is 2.20. The Balaban J connectivity index is 1.61. The third kappa shape index (κ3) is 3.17. The van der Waals surface area contributed by atoms with Crippen LogP contribution in [-0.2, 0) is 16.0 Å². The minimum Gasteiger partial charge on any atom is -0.385 e. The van der Waals surface area contributed by atoms with Crippen molar-refractivity contribution in [3.63, 3.8) is 0 Å². The summed E-state index contributed by atoms with van der Waals surface area (Å²) < 4.78 is 10.9. The van der Waals surface area contributed by atoms with Crippen molar-refractivity contribution in [2.45, 2.75) is 19.1 Å². The highest BCUT2D eigenvalue weighted by atomic mass is 16.5. The van der Waals surface area contributed by atoms with Crippen LogP contribution in [0.4, 0.5) is 0 Å². The number of aromatic amines is 1. The quantitative estimate of drug-likeness (QED) is 0.904. The van der Waals surface area contributed by atoms with Crippen LogP contribution in [0.25, 0.3) is 11.0 Å². The van der Waals surface area contributed by atoms with E-state index in [0.29, 0.717) is 0 Å². The summed E-state index contributed by atoms with van der Waals surface area (Å²) in [5.74, 6) is 0. The summed E-state index contributed by atoms with van der Waals surface area (Å²) in [6, 6.07) is 6.27. The van der Waals surface area contributed by atoms with E-state index >= 15 is 0 Å². The minimum absolute atomic E-state index is 0.276. The monoisotopic (exact) mass is 275 g/mol. The van der Waals surface area contributed by atoms with Crippen LogP contribution in [0.15, 0.2) is 24.4 Å². The average Bonchev–Trinajstić information content (AvgIpc) is 2.93. The SMILES string of the molecule is COCCC1CN(Cc2ccc3cc[nH]c3n2)CCO1. The molecular formula is C15H21N3O2. The molecule has 3 heterocycles. The predicted molar refractivity (Wildman–Crippen MR) is 77.6 cm³/mol. The Kier molecular flexibility index (Phi) is 4.30. The van der Waals surface area contributed by atoms with Gasteiger partial charge in [0, 0.05) is 44.9 Å². The van der Waals surface area contributed by atoms with Gasteiger partial charge in [-0.3, -0.25) is 4.90 Å². The molecule has 20 heavy (non-hydrogen) atoms. The third-order valence-electron chi connectivity index (χ3n) is 3.72. The van der Waals surface area contributed by atoms with Crippen LogP contribution < -0.4 is 0 Å². The number of methoxy groups -OCH3 is 1. The molecule has 1 fully saturated rings. The summed E-state index contributed by atoms with van der Waals surface area (Å²) in [5.41, 5.74) is 2.07. The van der Waals surface area contributed by atoms with Gasteiger partial charge in [0.05, 0.1) is 18.4 Å². The molecule has 0 bridgehead atoms. The first-order valence-corrected chi connectivity index (χ1v) is 7.11. The number of morpholine rings is 1. The van der Waals surface area contributed by atoms with Crippen molar-refractivity contribution in [1.82, 2.24) is 14.9 Å². The van der Waals surface area contributed by atoms with Crippen LogP contribution >= 0.6 is 0 Å². The van der Waals surface area contributed by atoms with Gasteiger partial charge < -0.3 is 14.5 Å². The first-order chi connectivity index (χ1) is 9.85. The number of pyridine rings is 1. The van der Waals surface area contributed by atoms with Crippen molar-refractivity contribution in [3.05, 3.63) is 30.1 Å². The van der Waals surface area contributed by atoms with Crippen LogP contribution in [0.1, 0.15) is 12.1 Å². The summed E-state index contributed by atoms with van der Waals surface area (Å²) in [5, 5.41) is 1.16. The smallest absolute Gasteiger partial charge is 0.137 e. The molecule has 0 amide bonds. The summed E-state index contributed by atoms with van der Waals surface area (Å²) in [7, 11) is 1.73. The van der Waals surface area contributed by atoms with Crippen molar-refractivity contribution in [2.75, 3.05) is 33.4 Å². The molecule has 2 aromatic rings. The van der Waals surface area contributed by atoms with Crippen LogP contribution in [0.3, 0.4) is 0 Å². The molecular weight excluding hydrogens is 254 g/mol. The molecule has 1 saturated heterocycles. The normalized spacial score (nSPS) is 20.6. The molecule has 5 nitrogen and oxygen atoms in total. The molecule has 108 valence electrons. The molecule has 0 radical (unpaired) electrons. The largest absolute Gasteiger partial charge is 0.385 e. The lowest BCUT2D eigenvalue weighted by molar-refractivity contribution is -0.0435. The minimum atomic E-state index is 0.276. The molecule has 0 spiro atoms. The highest BCUT2D eigenvalue weighted by Crippen LogP contribution is 2.14. The zero-order valence-corrected chi connectivity index (χ0v) is 11.8. The molecule has 1 unspecified atom stereocenters. The summed E-state index contributed by atoms with van der Waals surface area (Å²) in [6.45, 7) is 4.34. The van der Waals surface area contributed by atoms with Crippen molar-refractivity contribution >= 4 is 11.0 Å². The van der Waals surface area contributed by atoms with Crippen LogP contribution in [0, 0.1) is 0 Å². The van der Waals surface area contributed by atoms with Crippen LogP contribution in [0.2, 0.25) is 0 Å². The number of H-pyrrole nitrogens is 1. The number of nitrogens with one attached hydrogen (secondary N) is 1. The van der Waals surface area contributed by atoms with E-state index in [2.05, 4.69) is 27.0 Å². The van der Waals surface area contributed by atoms with Crippen LogP contribution in [0.5, 0.6) is 0 Å². The summed E-state index contributed by atoms with van der Waals surface area (Å²) in [6.07, 6.45) is 3.16. The second-order valence-corrected chi connectivity index (χ2v) is 5.23. The van der Waals surface area contributed by atoms with E-state index in [9.17, 15) is 0 Å². The third-order valence-corrected chi connectivity index (χ3v) is 3.72. The zero-order chi connectivity index (χ0) is 13.8. The maximum atomic E-state index is 5.76. The van der Waals surface area contributed by atoms with E-state index in [1.54, 1.807) is 7.11 Å². The number of fused-ring (bicyclic) bond motifs is 1. The maximum Gasteiger partial charge on any atom is 0.137 e. The Labute approximate surface area is 118 Å². The molecule has 0 saturated carbocycles. The van der Waals surface area contributed by atoms with Gasteiger partial charge in [-0.1, -0.05) is 0 Å². The zero-order valence-electron chi connectivity index (χ0n) is 11.8. The first kappa shape index (κ1) is 13.5. The Morgan fingerprint density at radius 3 is 3.30 bits per heavy atom. The Morgan fingerprint density at radius 1 is 1.45 bits per heavy atom. The molecule has 1 aliphatic heterocycles. The number of ether oxygens (including phenoxy) is 2. The van der Waals surface area contributed by atoms with Gasteiger partial charge in [-0.15, -0.1) is 0 Å². The molecule has 5 heteroatoms. The lowest BCUT2D eigenvalue weighted by Crippen LogP contribution is -2.42. The fourth-order valence-corrected chi connectivity index (χ4v) is 2.64. The van der Waals surface area contributed by atoms with Crippen molar-refractivity contribution in [3.8, 4) is 0 Å². The van der Waals surface area contributed by atoms with E-state index < -0.39 is 0 Å². The predicted octanol–water partition coefficient (Wildman–Crippen LogP) is 1.80. The molecule has 1 N–H and O–H groups in total. The highest BCUT2D eigenvalue weighted by molar-refractivity contribution is 5.75. The molecule has 0 aliphatic carbocycles. The van der Waals surface area contributed by atoms with Crippen molar-refractivity contribution in [2.24, 2.45) is 0 Å². The molecule has 1 atom stereocenters. The van der Waals surface area contributed by atoms with Gasteiger partial charge in [-0.05, 0) is 24.6 Å². The van der Waals surface area contributed by atoms with Gasteiger partial charge in [-0.25, -0.2) is 4.98 Å². The molecule has 1 aliphatic rings. The number of aromatic nitrogens is 2. The van der Waals surface area contributed by atoms with E-state index in [-0.39, 0.29) is 6.10 Å². The number of rotatable bonds is 5.